The van der Waals surface area contributed by atoms with Crippen LogP contribution in [0.25, 0.3) is 0 Å². The molecule has 1 atom stereocenters. The molecular formula is C17H12F6N2O2. The summed E-state index contributed by atoms with van der Waals surface area (Å²) in [5, 5.41) is 2.06. The maximum Gasteiger partial charge on any atom is 0.416 e. The van der Waals surface area contributed by atoms with Crippen LogP contribution in [0, 0.1) is 0 Å². The van der Waals surface area contributed by atoms with Crippen molar-refractivity contribution in [3.05, 3.63) is 70.8 Å². The predicted molar refractivity (Wildman–Crippen MR) is 82.3 cm³/mol. The van der Waals surface area contributed by atoms with E-state index in [1.807, 2.05) is 0 Å². The lowest BCUT2D eigenvalue weighted by Gasteiger charge is -2.18. The summed E-state index contributed by atoms with van der Waals surface area (Å²) >= 11 is 0. The summed E-state index contributed by atoms with van der Waals surface area (Å²) in [6.07, 6.45) is -10.2. The van der Waals surface area contributed by atoms with Crippen molar-refractivity contribution in [3.8, 4) is 0 Å². The Balaban J connectivity index is 2.44. The number of alkyl halides is 6. The molecule has 144 valence electrons. The molecule has 0 saturated carbocycles. The van der Waals surface area contributed by atoms with Gasteiger partial charge < -0.3 is 11.1 Å². The number of hydrogen-bond donors (Lipinski definition) is 2. The highest BCUT2D eigenvalue weighted by Crippen LogP contribution is 2.36. The smallest absolute Gasteiger partial charge is 0.368 e. The highest BCUT2D eigenvalue weighted by Gasteiger charge is 2.37. The van der Waals surface area contributed by atoms with Crippen molar-refractivity contribution >= 4 is 11.8 Å². The van der Waals surface area contributed by atoms with E-state index in [4.69, 9.17) is 5.73 Å². The molecule has 0 heterocycles. The number of nitrogens with two attached hydrogens (primary N) is 1. The summed E-state index contributed by atoms with van der Waals surface area (Å²) in [4.78, 5) is 23.8. The average Bonchev–Trinajstić information content (AvgIpc) is 2.58. The SMILES string of the molecule is NC(=O)[C@@H](NC(=O)c1cc(C(F)(F)F)cc(C(F)(F)F)c1)c1ccccc1. The molecule has 0 unspecified atom stereocenters. The topological polar surface area (TPSA) is 72.2 Å². The number of halogens is 6. The molecule has 0 radical (unpaired) electrons. The number of amides is 2. The molecule has 0 bridgehead atoms. The van der Waals surface area contributed by atoms with Gasteiger partial charge in [0.15, 0.2) is 0 Å². The largest absolute Gasteiger partial charge is 0.416 e. The van der Waals surface area contributed by atoms with Gasteiger partial charge in [0.2, 0.25) is 5.91 Å². The van der Waals surface area contributed by atoms with Gasteiger partial charge >= 0.3 is 12.4 Å². The van der Waals surface area contributed by atoms with Crippen molar-refractivity contribution in [3.63, 3.8) is 0 Å². The Morgan fingerprint density at radius 3 is 1.74 bits per heavy atom. The van der Waals surface area contributed by atoms with Crippen LogP contribution in [0.1, 0.15) is 33.1 Å². The maximum atomic E-state index is 12.9. The lowest BCUT2D eigenvalue weighted by atomic mass is 10.0. The first kappa shape index (κ1) is 20.3. The molecule has 0 aromatic heterocycles. The van der Waals surface area contributed by atoms with E-state index in [9.17, 15) is 35.9 Å². The minimum atomic E-state index is -5.10. The fourth-order valence-corrected chi connectivity index (χ4v) is 2.26. The van der Waals surface area contributed by atoms with Crippen LogP contribution in [0.2, 0.25) is 0 Å². The first-order valence-electron chi connectivity index (χ1n) is 7.34. The number of nitrogens with one attached hydrogen (secondary N) is 1. The molecule has 0 spiro atoms. The zero-order chi connectivity index (χ0) is 20.4. The number of carbonyl (C=O) groups excluding carboxylic acids is 2. The first-order chi connectivity index (χ1) is 12.4. The highest BCUT2D eigenvalue weighted by atomic mass is 19.4. The molecule has 2 aromatic rings. The monoisotopic (exact) mass is 390 g/mol. The fourth-order valence-electron chi connectivity index (χ4n) is 2.26. The van der Waals surface area contributed by atoms with Gasteiger partial charge in [-0.1, -0.05) is 30.3 Å². The molecule has 2 rings (SSSR count). The molecule has 2 aromatic carbocycles. The van der Waals surface area contributed by atoms with Crippen LogP contribution in [0.15, 0.2) is 48.5 Å². The zero-order valence-electron chi connectivity index (χ0n) is 13.4. The Morgan fingerprint density at radius 2 is 1.33 bits per heavy atom. The molecule has 10 heteroatoms. The van der Waals surface area contributed by atoms with Crippen LogP contribution >= 0.6 is 0 Å². The predicted octanol–water partition coefficient (Wildman–Crippen LogP) is 3.68. The Bertz CT molecular complexity index is 814. The summed E-state index contributed by atoms with van der Waals surface area (Å²) in [6.45, 7) is 0. The van der Waals surface area contributed by atoms with E-state index in [0.29, 0.717) is 0 Å². The third-order valence-corrected chi connectivity index (χ3v) is 3.54. The summed E-state index contributed by atoms with van der Waals surface area (Å²) in [5.41, 5.74) is 1.22. The van der Waals surface area contributed by atoms with Gasteiger partial charge in [-0.3, -0.25) is 9.59 Å². The molecule has 0 saturated heterocycles. The maximum absolute atomic E-state index is 12.9. The first-order valence-corrected chi connectivity index (χ1v) is 7.34. The number of carbonyl (C=O) groups is 2. The van der Waals surface area contributed by atoms with Crippen molar-refractivity contribution in [1.29, 1.82) is 0 Å². The summed E-state index contributed by atoms with van der Waals surface area (Å²) in [7, 11) is 0. The Morgan fingerprint density at radius 1 is 0.852 bits per heavy atom. The molecule has 4 nitrogen and oxygen atoms in total. The normalized spacial score (nSPS) is 13.1. The highest BCUT2D eigenvalue weighted by molar-refractivity contribution is 5.98. The lowest BCUT2D eigenvalue weighted by molar-refractivity contribution is -0.143. The zero-order valence-corrected chi connectivity index (χ0v) is 13.4. The van der Waals surface area contributed by atoms with Gasteiger partial charge in [0.1, 0.15) is 6.04 Å². The Hall–Kier alpha value is -3.04. The van der Waals surface area contributed by atoms with Gasteiger partial charge in [-0.2, -0.15) is 26.3 Å². The van der Waals surface area contributed by atoms with Crippen molar-refractivity contribution < 1.29 is 35.9 Å². The Kier molecular flexibility index (Phi) is 5.48. The number of rotatable bonds is 4. The van der Waals surface area contributed by atoms with Gasteiger partial charge in [-0.15, -0.1) is 0 Å². The van der Waals surface area contributed by atoms with E-state index >= 15 is 0 Å². The van der Waals surface area contributed by atoms with Crippen molar-refractivity contribution in [2.45, 2.75) is 18.4 Å². The summed E-state index contributed by atoms with van der Waals surface area (Å²) < 4.78 is 77.3. The molecule has 0 fully saturated rings. The van der Waals surface area contributed by atoms with E-state index in [-0.39, 0.29) is 23.8 Å². The van der Waals surface area contributed by atoms with Crippen LogP contribution in [0.4, 0.5) is 26.3 Å². The second-order valence-corrected chi connectivity index (χ2v) is 5.51. The van der Waals surface area contributed by atoms with Gasteiger partial charge in [0, 0.05) is 5.56 Å². The third kappa shape index (κ3) is 4.99. The molecular weight excluding hydrogens is 378 g/mol. The third-order valence-electron chi connectivity index (χ3n) is 3.54. The van der Waals surface area contributed by atoms with E-state index in [2.05, 4.69) is 5.32 Å². The van der Waals surface area contributed by atoms with Crippen LogP contribution < -0.4 is 11.1 Å². The van der Waals surface area contributed by atoms with Gasteiger partial charge in [-0.25, -0.2) is 0 Å². The van der Waals surface area contributed by atoms with Crippen LogP contribution in [0.3, 0.4) is 0 Å². The fraction of sp³-hybridized carbons (Fsp3) is 0.176. The molecule has 0 aliphatic heterocycles. The standard InChI is InChI=1S/C17H12F6N2O2/c18-16(19,20)11-6-10(7-12(8-11)17(21,22)23)15(27)25-13(14(24)26)9-4-2-1-3-5-9/h1-8,13H,(H2,24,26)(H,25,27)/t13-/m0/s1. The van der Waals surface area contributed by atoms with Crippen molar-refractivity contribution in [2.75, 3.05) is 0 Å². The summed E-state index contributed by atoms with van der Waals surface area (Å²) in [5.74, 6) is -2.34. The average molecular weight is 390 g/mol. The quantitative estimate of drug-likeness (QED) is 0.782. The second-order valence-electron chi connectivity index (χ2n) is 5.51. The second kappa shape index (κ2) is 7.29. The molecule has 0 aliphatic rings. The minimum Gasteiger partial charge on any atom is -0.368 e. The van der Waals surface area contributed by atoms with Gasteiger partial charge in [-0.05, 0) is 23.8 Å². The van der Waals surface area contributed by atoms with Crippen LogP contribution in [-0.4, -0.2) is 11.8 Å². The number of primary amides is 1. The van der Waals surface area contributed by atoms with Crippen molar-refractivity contribution in [2.24, 2.45) is 5.73 Å². The minimum absolute atomic E-state index is 0.0977. The van der Waals surface area contributed by atoms with Gasteiger partial charge in [0.05, 0.1) is 11.1 Å². The lowest BCUT2D eigenvalue weighted by Crippen LogP contribution is -2.37. The van der Waals surface area contributed by atoms with Crippen LogP contribution in [-0.2, 0) is 17.1 Å². The van der Waals surface area contributed by atoms with E-state index in [0.717, 1.165) is 0 Å². The van der Waals surface area contributed by atoms with Crippen LogP contribution in [0.5, 0.6) is 0 Å². The number of hydrogen-bond acceptors (Lipinski definition) is 2. The number of benzene rings is 2. The van der Waals surface area contributed by atoms with E-state index in [1.54, 1.807) is 6.07 Å². The van der Waals surface area contributed by atoms with Crippen molar-refractivity contribution in [1.82, 2.24) is 5.32 Å². The van der Waals surface area contributed by atoms with E-state index < -0.39 is 46.9 Å². The molecule has 0 aliphatic carbocycles. The summed E-state index contributed by atoms with van der Waals surface area (Å²) in [6, 6.07) is 6.49. The molecule has 2 amide bonds. The molecule has 3 N–H and O–H groups in total. The van der Waals surface area contributed by atoms with E-state index in [1.165, 1.54) is 24.3 Å². The van der Waals surface area contributed by atoms with Gasteiger partial charge in [0.25, 0.3) is 5.91 Å². The molecule has 27 heavy (non-hydrogen) atoms. The Labute approximate surface area is 149 Å².